The van der Waals surface area contributed by atoms with Gasteiger partial charge in [-0.25, -0.2) is 9.59 Å². The number of nitrogens with zero attached hydrogens (tertiary/aromatic N) is 2. The van der Waals surface area contributed by atoms with Crippen LogP contribution in [0.2, 0.25) is 0 Å². The lowest BCUT2D eigenvalue weighted by atomic mass is 9.76. The molecule has 4 heterocycles. The van der Waals surface area contributed by atoms with Gasteiger partial charge in [0.05, 0.1) is 28.9 Å². The minimum atomic E-state index is -0.392. The van der Waals surface area contributed by atoms with Crippen molar-refractivity contribution in [1.82, 2.24) is 9.80 Å². The van der Waals surface area contributed by atoms with Gasteiger partial charge in [0.25, 0.3) is 0 Å². The van der Waals surface area contributed by atoms with Crippen molar-refractivity contribution in [1.29, 1.82) is 0 Å². The summed E-state index contributed by atoms with van der Waals surface area (Å²) in [6, 6.07) is 3.75. The van der Waals surface area contributed by atoms with Gasteiger partial charge in [-0.1, -0.05) is 6.07 Å². The zero-order chi connectivity index (χ0) is 23.3. The number of benzene rings is 1. The van der Waals surface area contributed by atoms with Crippen LogP contribution in [0, 0.1) is 12.3 Å². The van der Waals surface area contributed by atoms with E-state index in [-0.39, 0.29) is 37.1 Å². The maximum Gasteiger partial charge on any atom is 0.338 e. The molecule has 0 aromatic heterocycles. The van der Waals surface area contributed by atoms with Gasteiger partial charge in [0.1, 0.15) is 13.2 Å². The third-order valence-electron chi connectivity index (χ3n) is 8.13. The molecule has 33 heavy (non-hydrogen) atoms. The number of cyclic esters (lactones) is 2. The molecule has 1 N–H and O–H groups in total. The minimum Gasteiger partial charge on any atom is -0.457 e. The van der Waals surface area contributed by atoms with Gasteiger partial charge in [0.15, 0.2) is 0 Å². The second kappa shape index (κ2) is 8.25. The predicted molar refractivity (Wildman–Crippen MR) is 118 cm³/mol. The van der Waals surface area contributed by atoms with Crippen LogP contribution in [0.3, 0.4) is 0 Å². The molecule has 5 rings (SSSR count). The fourth-order valence-corrected chi connectivity index (χ4v) is 5.79. The number of esters is 2. The summed E-state index contributed by atoms with van der Waals surface area (Å²) < 4.78 is 10.3. The summed E-state index contributed by atoms with van der Waals surface area (Å²) in [7, 11) is 0. The van der Waals surface area contributed by atoms with E-state index in [1.54, 1.807) is 11.8 Å². The Bertz CT molecular complexity index is 1050. The van der Waals surface area contributed by atoms with Crippen LogP contribution >= 0.6 is 0 Å². The second-order valence-corrected chi connectivity index (χ2v) is 9.66. The summed E-state index contributed by atoms with van der Waals surface area (Å²) in [4.78, 5) is 41.0. The number of aliphatic hydroxyl groups excluding tert-OH is 1. The minimum absolute atomic E-state index is 0.0323. The Hall–Kier alpha value is -2.71. The number of carbonyl (C=O) groups is 3. The van der Waals surface area contributed by atoms with Crippen molar-refractivity contribution in [2.45, 2.75) is 52.2 Å². The molecule has 1 spiro atoms. The molecule has 0 radical (unpaired) electrons. The number of carbonyl (C=O) groups excluding carboxylic acids is 3. The molecular weight excluding hydrogens is 424 g/mol. The Kier molecular flexibility index (Phi) is 5.53. The van der Waals surface area contributed by atoms with Gasteiger partial charge >= 0.3 is 11.9 Å². The van der Waals surface area contributed by atoms with Crippen LogP contribution < -0.4 is 0 Å². The quantitative estimate of drug-likeness (QED) is 0.677. The first-order valence-electron chi connectivity index (χ1n) is 11.7. The molecule has 2 fully saturated rings. The number of hydrogen-bond acceptors (Lipinski definition) is 7. The van der Waals surface area contributed by atoms with Gasteiger partial charge in [-0.2, -0.15) is 0 Å². The molecule has 4 aliphatic rings. The van der Waals surface area contributed by atoms with Gasteiger partial charge in [-0.15, -0.1) is 0 Å². The van der Waals surface area contributed by atoms with Crippen molar-refractivity contribution >= 4 is 17.8 Å². The zero-order valence-corrected chi connectivity index (χ0v) is 19.2. The number of piperidine rings is 1. The summed E-state index contributed by atoms with van der Waals surface area (Å²) in [6.45, 7) is 6.37. The topological polar surface area (TPSA) is 96.4 Å². The molecule has 0 saturated carbocycles. The first-order chi connectivity index (χ1) is 15.8. The molecule has 1 aromatic carbocycles. The number of hydrogen-bond donors (Lipinski definition) is 1. The molecule has 1 atom stereocenters. The van der Waals surface area contributed by atoms with Crippen molar-refractivity contribution in [2.75, 3.05) is 32.8 Å². The summed E-state index contributed by atoms with van der Waals surface area (Å²) in [5, 5.41) is 10.2. The Balaban J connectivity index is 1.26. The van der Waals surface area contributed by atoms with Crippen molar-refractivity contribution in [3.63, 3.8) is 0 Å². The third kappa shape index (κ3) is 3.56. The van der Waals surface area contributed by atoms with Gasteiger partial charge < -0.3 is 19.5 Å². The molecular formula is C25H30N2O6. The number of aliphatic hydroxyl groups is 1. The van der Waals surface area contributed by atoms with Crippen LogP contribution in [-0.2, 0) is 32.1 Å². The molecule has 8 nitrogen and oxygen atoms in total. The number of rotatable bonds is 5. The van der Waals surface area contributed by atoms with Crippen LogP contribution in [0.4, 0.5) is 0 Å². The van der Waals surface area contributed by atoms with Gasteiger partial charge in [-0.3, -0.25) is 9.69 Å². The molecule has 2 saturated heterocycles. The number of fused-ring (bicyclic) bond motifs is 1. The first kappa shape index (κ1) is 22.1. The molecule has 176 valence electrons. The Morgan fingerprint density at radius 1 is 1.00 bits per heavy atom. The SMILES string of the molecule is CC1=C(N2CCC3(CCN([C@@H](CO)Cc4ccc5c(c4C)COC5=O)CC3)C2=O)COC1=O. The van der Waals surface area contributed by atoms with Gasteiger partial charge in [-0.05, 0) is 69.8 Å². The lowest BCUT2D eigenvalue weighted by Gasteiger charge is -2.41. The molecule has 4 aliphatic heterocycles. The van der Waals surface area contributed by atoms with Crippen LogP contribution in [-0.4, -0.2) is 71.6 Å². The van der Waals surface area contributed by atoms with E-state index in [1.807, 2.05) is 19.1 Å². The third-order valence-corrected chi connectivity index (χ3v) is 8.13. The Morgan fingerprint density at radius 2 is 1.70 bits per heavy atom. The average Bonchev–Trinajstić information content (AvgIpc) is 3.46. The van der Waals surface area contributed by atoms with E-state index < -0.39 is 5.41 Å². The summed E-state index contributed by atoms with van der Waals surface area (Å²) in [5.41, 5.74) is 4.62. The van der Waals surface area contributed by atoms with Crippen molar-refractivity contribution in [2.24, 2.45) is 5.41 Å². The van der Waals surface area contributed by atoms with Crippen LogP contribution in [0.25, 0.3) is 0 Å². The van der Waals surface area contributed by atoms with Gasteiger partial charge in [0, 0.05) is 18.2 Å². The molecule has 0 unspecified atom stereocenters. The second-order valence-electron chi connectivity index (χ2n) is 9.66. The maximum atomic E-state index is 13.4. The predicted octanol–water partition coefficient (Wildman–Crippen LogP) is 1.71. The van der Waals surface area contributed by atoms with Crippen molar-refractivity contribution in [3.8, 4) is 0 Å². The lowest BCUT2D eigenvalue weighted by Crippen LogP contribution is -2.49. The fraction of sp³-hybridized carbons (Fsp3) is 0.560. The van der Waals surface area contributed by atoms with Gasteiger partial charge in [0.2, 0.25) is 5.91 Å². The van der Waals surface area contributed by atoms with Crippen molar-refractivity contribution < 1.29 is 29.0 Å². The van der Waals surface area contributed by atoms with Crippen LogP contribution in [0.5, 0.6) is 0 Å². The summed E-state index contributed by atoms with van der Waals surface area (Å²) in [5.74, 6) is -0.499. The highest BCUT2D eigenvalue weighted by molar-refractivity contribution is 5.94. The smallest absolute Gasteiger partial charge is 0.338 e. The number of amides is 1. The molecule has 0 bridgehead atoms. The van der Waals surface area contributed by atoms with E-state index >= 15 is 0 Å². The van der Waals surface area contributed by atoms with E-state index in [4.69, 9.17) is 9.47 Å². The van der Waals surface area contributed by atoms with E-state index in [1.165, 1.54) is 0 Å². The summed E-state index contributed by atoms with van der Waals surface area (Å²) >= 11 is 0. The Morgan fingerprint density at radius 3 is 2.36 bits per heavy atom. The maximum absolute atomic E-state index is 13.4. The van der Waals surface area contributed by atoms with Crippen molar-refractivity contribution in [3.05, 3.63) is 45.7 Å². The van der Waals surface area contributed by atoms with E-state index in [0.29, 0.717) is 36.4 Å². The standard InChI is InChI=1S/C25H30N2O6/c1-15-17(3-4-19-20(15)13-32-23(19)30)11-18(12-28)26-8-5-25(6-9-26)7-10-27(24(25)31)21-14-33-22(29)16(21)2/h3-4,18,28H,5-14H2,1-2H3/t18-/m1/s1. The molecule has 8 heteroatoms. The number of ether oxygens (including phenoxy) is 2. The zero-order valence-electron chi connectivity index (χ0n) is 19.2. The highest BCUT2D eigenvalue weighted by Crippen LogP contribution is 2.44. The highest BCUT2D eigenvalue weighted by Gasteiger charge is 2.50. The first-order valence-corrected chi connectivity index (χ1v) is 11.7. The largest absolute Gasteiger partial charge is 0.457 e. The lowest BCUT2D eigenvalue weighted by molar-refractivity contribution is -0.139. The highest BCUT2D eigenvalue weighted by atomic mass is 16.5. The normalized spacial score (nSPS) is 23.4. The summed E-state index contributed by atoms with van der Waals surface area (Å²) in [6.07, 6.45) is 2.95. The molecule has 1 aromatic rings. The van der Waals surface area contributed by atoms with E-state index in [2.05, 4.69) is 4.90 Å². The monoisotopic (exact) mass is 454 g/mol. The Labute approximate surface area is 193 Å². The van der Waals surface area contributed by atoms with Crippen LogP contribution in [0.1, 0.15) is 53.2 Å². The average molecular weight is 455 g/mol. The molecule has 0 aliphatic carbocycles. The van der Waals surface area contributed by atoms with Crippen LogP contribution in [0.15, 0.2) is 23.4 Å². The molecule has 1 amide bonds. The van der Waals surface area contributed by atoms with E-state index in [0.717, 1.165) is 49.0 Å². The number of likely N-dealkylation sites (tertiary alicyclic amines) is 2. The van der Waals surface area contributed by atoms with E-state index in [9.17, 15) is 19.5 Å². The fourth-order valence-electron chi connectivity index (χ4n) is 5.79.